The molecule has 0 unspecified atom stereocenters. The summed E-state index contributed by atoms with van der Waals surface area (Å²) in [5.41, 5.74) is 6.39. The molecule has 0 spiro atoms. The molecular weight excluding hydrogens is 380 g/mol. The molecule has 166 valence electrons. The van der Waals surface area contributed by atoms with Crippen molar-refractivity contribution in [2.45, 2.75) is 58.6 Å². The van der Waals surface area contributed by atoms with Crippen LogP contribution in [-0.2, 0) is 9.53 Å². The van der Waals surface area contributed by atoms with Gasteiger partial charge >= 0.3 is 0 Å². The Balaban J connectivity index is 1.64. The van der Waals surface area contributed by atoms with Crippen molar-refractivity contribution >= 4 is 11.6 Å². The van der Waals surface area contributed by atoms with Crippen molar-refractivity contribution in [2.24, 2.45) is 0 Å². The topological polar surface area (TPSA) is 57.3 Å². The maximum atomic E-state index is 11.7. The first-order valence-corrected chi connectivity index (χ1v) is 10.8. The lowest BCUT2D eigenvalue weighted by molar-refractivity contribution is -0.133. The lowest BCUT2D eigenvalue weighted by Crippen LogP contribution is -2.48. The fourth-order valence-electron chi connectivity index (χ4n) is 3.78. The van der Waals surface area contributed by atoms with E-state index in [1.807, 2.05) is 32.1 Å². The summed E-state index contributed by atoms with van der Waals surface area (Å²) in [6.45, 7) is 9.82. The van der Waals surface area contributed by atoms with Crippen LogP contribution in [0.3, 0.4) is 0 Å². The summed E-state index contributed by atoms with van der Waals surface area (Å²) in [6.07, 6.45) is 5.96. The molecule has 0 radical (unpaired) electrons. The molecule has 30 heavy (non-hydrogen) atoms. The van der Waals surface area contributed by atoms with E-state index in [0.717, 1.165) is 42.1 Å². The number of benzene rings is 1. The van der Waals surface area contributed by atoms with Crippen molar-refractivity contribution in [3.05, 3.63) is 35.5 Å². The van der Waals surface area contributed by atoms with E-state index >= 15 is 0 Å². The van der Waals surface area contributed by atoms with Gasteiger partial charge in [-0.1, -0.05) is 0 Å². The summed E-state index contributed by atoms with van der Waals surface area (Å²) in [7, 11) is 3.83. The summed E-state index contributed by atoms with van der Waals surface area (Å²) in [4.78, 5) is 13.4. The molecule has 0 aliphatic carbocycles. The van der Waals surface area contributed by atoms with Crippen molar-refractivity contribution < 1.29 is 14.3 Å². The first kappa shape index (κ1) is 22.4. The molecule has 7 nitrogen and oxygen atoms in total. The molecule has 1 N–H and O–H groups in total. The number of hydrazine groups is 2. The first-order chi connectivity index (χ1) is 14.2. The smallest absolute Gasteiger partial charge is 0.219 e. The molecule has 2 aliphatic rings. The number of aryl methyl sites for hydroxylation is 1. The number of ether oxygens (including phenoxy) is 2. The van der Waals surface area contributed by atoms with E-state index in [4.69, 9.17) is 9.47 Å². The van der Waals surface area contributed by atoms with Crippen LogP contribution in [-0.4, -0.2) is 66.4 Å². The standard InChI is InChI=1S/C23H36N4O3/c1-17-13-19(30-16-23(3,4)25(5)18(2)28)10-11-21(17)22-15-27(26(6)24-22)14-20-9-7-8-12-29-20/h10-11,13,15,20,24H,7-9,12,14,16H2,1-6H3/t20-/m1/s1. The van der Waals surface area contributed by atoms with E-state index in [1.165, 1.54) is 12.8 Å². The van der Waals surface area contributed by atoms with Crippen LogP contribution in [0.1, 0.15) is 51.2 Å². The molecular formula is C23H36N4O3. The zero-order valence-corrected chi connectivity index (χ0v) is 19.2. The van der Waals surface area contributed by atoms with Gasteiger partial charge in [0.05, 0.1) is 23.9 Å². The van der Waals surface area contributed by atoms with Crippen molar-refractivity contribution in [3.8, 4) is 5.75 Å². The molecule has 1 amide bonds. The first-order valence-electron chi connectivity index (χ1n) is 10.8. The lowest BCUT2D eigenvalue weighted by atomic mass is 10.0. The van der Waals surface area contributed by atoms with Gasteiger partial charge in [-0.25, -0.2) is 0 Å². The molecule has 2 aliphatic heterocycles. The molecule has 7 heteroatoms. The Kier molecular flexibility index (Phi) is 6.93. The van der Waals surface area contributed by atoms with Crippen LogP contribution in [0, 0.1) is 6.92 Å². The zero-order valence-electron chi connectivity index (χ0n) is 19.2. The second-order valence-electron chi connectivity index (χ2n) is 8.94. The van der Waals surface area contributed by atoms with E-state index in [0.29, 0.717) is 6.61 Å². The number of nitrogens with one attached hydrogen (secondary N) is 1. The predicted octanol–water partition coefficient (Wildman–Crippen LogP) is 3.17. The Morgan fingerprint density at radius 1 is 1.37 bits per heavy atom. The Labute approximate surface area is 180 Å². The minimum absolute atomic E-state index is 0.0293. The fraction of sp³-hybridized carbons (Fsp3) is 0.609. The highest BCUT2D eigenvalue weighted by Crippen LogP contribution is 2.27. The third-order valence-corrected chi connectivity index (χ3v) is 6.07. The van der Waals surface area contributed by atoms with Crippen LogP contribution in [0.25, 0.3) is 5.70 Å². The minimum Gasteiger partial charge on any atom is -0.491 e. The minimum atomic E-state index is -0.377. The molecule has 2 heterocycles. The molecule has 0 bridgehead atoms. The van der Waals surface area contributed by atoms with Crippen LogP contribution < -0.4 is 10.2 Å². The Bertz CT molecular complexity index is 787. The van der Waals surface area contributed by atoms with Crippen molar-refractivity contribution in [3.63, 3.8) is 0 Å². The number of carbonyl (C=O) groups is 1. The zero-order chi connectivity index (χ0) is 21.9. The highest BCUT2D eigenvalue weighted by atomic mass is 16.5. The van der Waals surface area contributed by atoms with Gasteiger partial charge in [0.25, 0.3) is 0 Å². The van der Waals surface area contributed by atoms with E-state index in [1.54, 1.807) is 18.9 Å². The van der Waals surface area contributed by atoms with Gasteiger partial charge < -0.3 is 14.4 Å². The highest BCUT2D eigenvalue weighted by Gasteiger charge is 2.27. The third kappa shape index (κ3) is 5.26. The summed E-state index contributed by atoms with van der Waals surface area (Å²) < 4.78 is 11.9. The Morgan fingerprint density at radius 2 is 2.13 bits per heavy atom. The monoisotopic (exact) mass is 416 g/mol. The van der Waals surface area contributed by atoms with Gasteiger partial charge in [0.15, 0.2) is 0 Å². The van der Waals surface area contributed by atoms with Gasteiger partial charge in [-0.3, -0.25) is 15.2 Å². The fourth-order valence-corrected chi connectivity index (χ4v) is 3.78. The molecule has 3 rings (SSSR count). The molecule has 1 fully saturated rings. The number of carbonyl (C=O) groups excluding carboxylic acids is 1. The molecule has 1 saturated heterocycles. The number of nitrogens with zero attached hydrogens (tertiary/aromatic N) is 3. The van der Waals surface area contributed by atoms with Crippen molar-refractivity contribution in [1.82, 2.24) is 20.5 Å². The van der Waals surface area contributed by atoms with Crippen LogP contribution in [0.5, 0.6) is 5.75 Å². The third-order valence-electron chi connectivity index (χ3n) is 6.07. The molecule has 1 atom stereocenters. The van der Waals surface area contributed by atoms with Gasteiger partial charge in [-0.05, 0) is 63.8 Å². The van der Waals surface area contributed by atoms with Crippen LogP contribution in [0.15, 0.2) is 24.4 Å². The summed E-state index contributed by atoms with van der Waals surface area (Å²) in [6, 6.07) is 6.12. The number of rotatable bonds is 7. The highest BCUT2D eigenvalue weighted by molar-refractivity contribution is 5.73. The van der Waals surface area contributed by atoms with Gasteiger partial charge in [0, 0.05) is 39.4 Å². The summed E-state index contributed by atoms with van der Waals surface area (Å²) in [5.74, 6) is 0.836. The second-order valence-corrected chi connectivity index (χ2v) is 8.94. The summed E-state index contributed by atoms with van der Waals surface area (Å²) >= 11 is 0. The molecule has 1 aromatic carbocycles. The van der Waals surface area contributed by atoms with Crippen LogP contribution in [0.4, 0.5) is 0 Å². The average molecular weight is 417 g/mol. The number of likely N-dealkylation sites (N-methyl/N-ethyl adjacent to an activating group) is 1. The van der Waals surface area contributed by atoms with Crippen LogP contribution >= 0.6 is 0 Å². The normalized spacial score (nSPS) is 20.0. The molecule has 1 aromatic rings. The maximum Gasteiger partial charge on any atom is 0.219 e. The Morgan fingerprint density at radius 3 is 2.77 bits per heavy atom. The Hall–Kier alpha value is -2.25. The van der Waals surface area contributed by atoms with E-state index in [9.17, 15) is 4.79 Å². The van der Waals surface area contributed by atoms with E-state index in [-0.39, 0.29) is 17.6 Å². The van der Waals surface area contributed by atoms with Gasteiger partial charge in [0.2, 0.25) is 5.91 Å². The largest absolute Gasteiger partial charge is 0.491 e. The van der Waals surface area contributed by atoms with Crippen molar-refractivity contribution in [2.75, 3.05) is 33.9 Å². The second kappa shape index (κ2) is 9.27. The maximum absolute atomic E-state index is 11.7. The lowest BCUT2D eigenvalue weighted by Gasteiger charge is -2.34. The van der Waals surface area contributed by atoms with Gasteiger partial charge in [0.1, 0.15) is 12.4 Å². The SMILES string of the molecule is CC(=O)N(C)C(C)(C)COc1ccc(C2=CN(C[C@H]3CCCCO3)N(C)N2)c(C)c1. The van der Waals surface area contributed by atoms with E-state index < -0.39 is 0 Å². The molecule has 0 aromatic heterocycles. The van der Waals surface area contributed by atoms with Crippen molar-refractivity contribution in [1.29, 1.82) is 0 Å². The number of amides is 1. The average Bonchev–Trinajstić information content (AvgIpc) is 3.06. The van der Waals surface area contributed by atoms with Gasteiger partial charge in [-0.2, -0.15) is 0 Å². The molecule has 0 saturated carbocycles. The predicted molar refractivity (Wildman–Crippen MR) is 118 cm³/mol. The van der Waals surface area contributed by atoms with E-state index in [2.05, 4.69) is 35.7 Å². The quantitative estimate of drug-likeness (QED) is 0.737. The summed E-state index contributed by atoms with van der Waals surface area (Å²) in [5, 5.41) is 4.19. The number of hydrogen-bond acceptors (Lipinski definition) is 6. The van der Waals surface area contributed by atoms with Crippen LogP contribution in [0.2, 0.25) is 0 Å². The van der Waals surface area contributed by atoms with Gasteiger partial charge in [-0.15, -0.1) is 5.12 Å². The number of hydrogen-bond donors (Lipinski definition) is 1.